The molecule has 1 rings (SSSR count). The average Bonchev–Trinajstić information content (AvgIpc) is 2.55. The second kappa shape index (κ2) is 4.29. The van der Waals surface area contributed by atoms with Crippen molar-refractivity contribution in [1.29, 1.82) is 0 Å². The highest BCUT2D eigenvalue weighted by Crippen LogP contribution is 2.11. The van der Waals surface area contributed by atoms with Gasteiger partial charge in [0.2, 0.25) is 5.91 Å². The van der Waals surface area contributed by atoms with Crippen LogP contribution in [-0.2, 0) is 4.79 Å². The Kier molecular flexibility index (Phi) is 3.32. The van der Waals surface area contributed by atoms with Crippen LogP contribution in [0.5, 0.6) is 0 Å². The second-order valence-corrected chi connectivity index (χ2v) is 3.40. The van der Waals surface area contributed by atoms with Crippen molar-refractivity contribution < 1.29 is 4.79 Å². The third-order valence-electron chi connectivity index (χ3n) is 2.27. The first-order valence-electron chi connectivity index (χ1n) is 4.69. The summed E-state index contributed by atoms with van der Waals surface area (Å²) in [5.41, 5.74) is 0. The summed E-state index contributed by atoms with van der Waals surface area (Å²) >= 11 is 0. The fourth-order valence-electron chi connectivity index (χ4n) is 1.53. The van der Waals surface area contributed by atoms with Crippen molar-refractivity contribution in [3.63, 3.8) is 0 Å². The summed E-state index contributed by atoms with van der Waals surface area (Å²) in [6.07, 6.45) is 6.20. The highest BCUT2D eigenvalue weighted by molar-refractivity contribution is 5.79. The van der Waals surface area contributed by atoms with E-state index in [0.717, 1.165) is 25.9 Å². The van der Waals surface area contributed by atoms with Crippen LogP contribution in [0.25, 0.3) is 0 Å². The predicted octanol–water partition coefficient (Wildman–Crippen LogP) is 1.82. The Morgan fingerprint density at radius 2 is 2.08 bits per heavy atom. The zero-order valence-corrected chi connectivity index (χ0v) is 7.92. The second-order valence-electron chi connectivity index (χ2n) is 3.40. The maximum atomic E-state index is 11.6. The number of hydrogen-bond acceptors (Lipinski definition) is 1. The van der Waals surface area contributed by atoms with Gasteiger partial charge in [-0.25, -0.2) is 0 Å². The molecule has 0 spiro atoms. The first-order chi connectivity index (χ1) is 5.75. The van der Waals surface area contributed by atoms with E-state index in [1.165, 1.54) is 0 Å². The Morgan fingerprint density at radius 3 is 2.58 bits per heavy atom. The smallest absolute Gasteiger partial charge is 0.225 e. The van der Waals surface area contributed by atoms with E-state index in [-0.39, 0.29) is 5.92 Å². The van der Waals surface area contributed by atoms with Gasteiger partial charge in [-0.15, -0.1) is 0 Å². The van der Waals surface area contributed by atoms with Crippen LogP contribution in [-0.4, -0.2) is 23.9 Å². The predicted molar refractivity (Wildman–Crippen MR) is 49.8 cm³/mol. The van der Waals surface area contributed by atoms with Crippen molar-refractivity contribution in [3.05, 3.63) is 12.2 Å². The van der Waals surface area contributed by atoms with Gasteiger partial charge in [0, 0.05) is 19.0 Å². The lowest BCUT2D eigenvalue weighted by atomic mass is 10.1. The van der Waals surface area contributed by atoms with Crippen LogP contribution in [0.15, 0.2) is 12.2 Å². The van der Waals surface area contributed by atoms with Gasteiger partial charge in [-0.05, 0) is 6.42 Å². The normalized spacial score (nSPS) is 18.3. The number of nitrogens with zero attached hydrogens (tertiary/aromatic N) is 1. The fourth-order valence-corrected chi connectivity index (χ4v) is 1.53. The van der Waals surface area contributed by atoms with Gasteiger partial charge in [-0.3, -0.25) is 4.79 Å². The van der Waals surface area contributed by atoms with Crippen LogP contribution in [0.4, 0.5) is 0 Å². The Balaban J connectivity index is 2.36. The molecule has 0 fully saturated rings. The van der Waals surface area contributed by atoms with Crippen LogP contribution in [0.3, 0.4) is 0 Å². The van der Waals surface area contributed by atoms with E-state index in [1.54, 1.807) is 0 Å². The SMILES string of the molecule is CCCC(C)C(=O)N1CC=CC1. The first-order valence-corrected chi connectivity index (χ1v) is 4.69. The minimum Gasteiger partial charge on any atom is -0.335 e. The Hall–Kier alpha value is -0.790. The molecule has 2 heteroatoms. The molecule has 1 atom stereocenters. The van der Waals surface area contributed by atoms with Gasteiger partial charge >= 0.3 is 0 Å². The minimum atomic E-state index is 0.204. The van der Waals surface area contributed by atoms with E-state index in [9.17, 15) is 4.79 Å². The summed E-state index contributed by atoms with van der Waals surface area (Å²) in [4.78, 5) is 13.5. The largest absolute Gasteiger partial charge is 0.335 e. The number of carbonyl (C=O) groups is 1. The van der Waals surface area contributed by atoms with E-state index in [0.29, 0.717) is 5.91 Å². The molecule has 1 amide bonds. The summed E-state index contributed by atoms with van der Waals surface area (Å²) in [6, 6.07) is 0. The van der Waals surface area contributed by atoms with E-state index in [2.05, 4.69) is 19.1 Å². The topological polar surface area (TPSA) is 20.3 Å². The van der Waals surface area contributed by atoms with E-state index >= 15 is 0 Å². The molecule has 1 aliphatic heterocycles. The highest BCUT2D eigenvalue weighted by atomic mass is 16.2. The standard InChI is InChI=1S/C10H17NO/c1-3-6-9(2)10(12)11-7-4-5-8-11/h4-5,9H,3,6-8H2,1-2H3. The molecule has 0 aliphatic carbocycles. The first kappa shape index (κ1) is 9.30. The van der Waals surface area contributed by atoms with Crippen molar-refractivity contribution in [1.82, 2.24) is 4.90 Å². The average molecular weight is 167 g/mol. The molecule has 0 aromatic heterocycles. The molecular weight excluding hydrogens is 150 g/mol. The molecule has 1 aliphatic rings. The molecule has 68 valence electrons. The molecule has 0 radical (unpaired) electrons. The minimum absolute atomic E-state index is 0.204. The Morgan fingerprint density at radius 1 is 1.50 bits per heavy atom. The van der Waals surface area contributed by atoms with Gasteiger partial charge in [0.15, 0.2) is 0 Å². The summed E-state index contributed by atoms with van der Waals surface area (Å²) in [7, 11) is 0. The van der Waals surface area contributed by atoms with E-state index in [4.69, 9.17) is 0 Å². The summed E-state index contributed by atoms with van der Waals surface area (Å²) < 4.78 is 0. The number of carbonyl (C=O) groups excluding carboxylic acids is 1. The maximum absolute atomic E-state index is 11.6. The zero-order chi connectivity index (χ0) is 8.97. The monoisotopic (exact) mass is 167 g/mol. The van der Waals surface area contributed by atoms with Gasteiger partial charge in [-0.2, -0.15) is 0 Å². The lowest BCUT2D eigenvalue weighted by Crippen LogP contribution is -2.32. The third kappa shape index (κ3) is 2.10. The van der Waals surface area contributed by atoms with Gasteiger partial charge in [0.1, 0.15) is 0 Å². The molecule has 1 unspecified atom stereocenters. The molecule has 0 aromatic rings. The third-order valence-corrected chi connectivity index (χ3v) is 2.27. The van der Waals surface area contributed by atoms with E-state index in [1.807, 2.05) is 11.8 Å². The lowest BCUT2D eigenvalue weighted by Gasteiger charge is -2.19. The molecule has 0 saturated carbocycles. The number of hydrogen-bond donors (Lipinski definition) is 0. The van der Waals surface area contributed by atoms with Crippen molar-refractivity contribution in [2.45, 2.75) is 26.7 Å². The van der Waals surface area contributed by atoms with Crippen molar-refractivity contribution >= 4 is 5.91 Å². The van der Waals surface area contributed by atoms with Crippen LogP contribution in [0.2, 0.25) is 0 Å². The molecule has 0 N–H and O–H groups in total. The lowest BCUT2D eigenvalue weighted by molar-refractivity contribution is -0.133. The van der Waals surface area contributed by atoms with Gasteiger partial charge in [-0.1, -0.05) is 32.4 Å². The summed E-state index contributed by atoms with van der Waals surface area (Å²) in [6.45, 7) is 5.76. The molecule has 1 heterocycles. The van der Waals surface area contributed by atoms with Gasteiger partial charge < -0.3 is 4.90 Å². The maximum Gasteiger partial charge on any atom is 0.225 e. The molecule has 0 bridgehead atoms. The number of rotatable bonds is 3. The zero-order valence-electron chi connectivity index (χ0n) is 7.92. The van der Waals surface area contributed by atoms with Crippen LogP contribution in [0, 0.1) is 5.92 Å². The van der Waals surface area contributed by atoms with Gasteiger partial charge in [0.25, 0.3) is 0 Å². The Labute approximate surface area is 74.2 Å². The molecule has 12 heavy (non-hydrogen) atoms. The molecular formula is C10H17NO. The van der Waals surface area contributed by atoms with Crippen LogP contribution < -0.4 is 0 Å². The summed E-state index contributed by atoms with van der Waals surface area (Å²) in [5, 5.41) is 0. The van der Waals surface area contributed by atoms with Crippen LogP contribution >= 0.6 is 0 Å². The quantitative estimate of drug-likeness (QED) is 0.587. The van der Waals surface area contributed by atoms with Crippen molar-refractivity contribution in [3.8, 4) is 0 Å². The molecule has 0 saturated heterocycles. The molecule has 2 nitrogen and oxygen atoms in total. The fraction of sp³-hybridized carbons (Fsp3) is 0.700. The van der Waals surface area contributed by atoms with Crippen molar-refractivity contribution in [2.75, 3.05) is 13.1 Å². The van der Waals surface area contributed by atoms with Crippen molar-refractivity contribution in [2.24, 2.45) is 5.92 Å². The number of amides is 1. The van der Waals surface area contributed by atoms with E-state index < -0.39 is 0 Å². The van der Waals surface area contributed by atoms with Crippen LogP contribution in [0.1, 0.15) is 26.7 Å². The summed E-state index contributed by atoms with van der Waals surface area (Å²) in [5.74, 6) is 0.511. The molecule has 0 aromatic carbocycles. The van der Waals surface area contributed by atoms with Gasteiger partial charge in [0.05, 0.1) is 0 Å². The highest BCUT2D eigenvalue weighted by Gasteiger charge is 2.19. The Bertz CT molecular complexity index is 178.